The zero-order chi connectivity index (χ0) is 18.4. The number of nitrogens with one attached hydrogen (secondary N) is 2. The molecular weight excluding hydrogens is 348 g/mol. The fraction of sp³-hybridized carbons (Fsp3) is 0.158. The smallest absolute Gasteiger partial charge is 0.229 e. The Morgan fingerprint density at radius 1 is 1.04 bits per heavy atom. The van der Waals surface area contributed by atoms with Crippen molar-refractivity contribution < 1.29 is 8.42 Å². The Hall–Kier alpha value is -3.11. The highest BCUT2D eigenvalue weighted by Gasteiger charge is 2.01. The SMILES string of the molecule is CS(=O)(=O)Nc1ccc(C#CCCNc2ncnc3ccccc23)cc1. The van der Waals surface area contributed by atoms with Gasteiger partial charge in [0.2, 0.25) is 10.0 Å². The molecule has 6 nitrogen and oxygen atoms in total. The lowest BCUT2D eigenvalue weighted by atomic mass is 10.2. The van der Waals surface area contributed by atoms with Crippen molar-refractivity contribution in [1.82, 2.24) is 9.97 Å². The number of anilines is 2. The van der Waals surface area contributed by atoms with Crippen LogP contribution in [-0.4, -0.2) is 31.2 Å². The van der Waals surface area contributed by atoms with Crippen molar-refractivity contribution in [1.29, 1.82) is 0 Å². The number of sulfonamides is 1. The van der Waals surface area contributed by atoms with Crippen LogP contribution < -0.4 is 10.0 Å². The van der Waals surface area contributed by atoms with Crippen molar-refractivity contribution in [2.24, 2.45) is 0 Å². The molecule has 0 aliphatic carbocycles. The lowest BCUT2D eigenvalue weighted by molar-refractivity contribution is 0.607. The van der Waals surface area contributed by atoms with Gasteiger partial charge in [-0.15, -0.1) is 0 Å². The zero-order valence-electron chi connectivity index (χ0n) is 14.2. The highest BCUT2D eigenvalue weighted by Crippen LogP contribution is 2.18. The number of rotatable bonds is 5. The summed E-state index contributed by atoms with van der Waals surface area (Å²) in [6, 6.07) is 14.8. The van der Waals surface area contributed by atoms with Crippen molar-refractivity contribution in [3.8, 4) is 11.8 Å². The summed E-state index contributed by atoms with van der Waals surface area (Å²) >= 11 is 0. The molecule has 3 rings (SSSR count). The van der Waals surface area contributed by atoms with E-state index in [2.05, 4.69) is 31.8 Å². The molecule has 0 radical (unpaired) electrons. The summed E-state index contributed by atoms with van der Waals surface area (Å²) in [6.45, 7) is 0.668. The Kier molecular flexibility index (Phi) is 5.34. The molecule has 0 bridgehead atoms. The Bertz CT molecular complexity index is 1060. The minimum atomic E-state index is -3.26. The van der Waals surface area contributed by atoms with Crippen LogP contribution in [0.4, 0.5) is 11.5 Å². The van der Waals surface area contributed by atoms with E-state index in [1.807, 2.05) is 24.3 Å². The molecule has 3 aromatic rings. The van der Waals surface area contributed by atoms with Crippen molar-refractivity contribution in [2.45, 2.75) is 6.42 Å². The van der Waals surface area contributed by atoms with Crippen molar-refractivity contribution in [3.63, 3.8) is 0 Å². The topological polar surface area (TPSA) is 84.0 Å². The molecule has 7 heteroatoms. The molecule has 0 unspecified atom stereocenters. The van der Waals surface area contributed by atoms with Gasteiger partial charge in [0, 0.05) is 29.6 Å². The van der Waals surface area contributed by atoms with Crippen LogP contribution >= 0.6 is 0 Å². The molecule has 0 atom stereocenters. The van der Waals surface area contributed by atoms with E-state index in [1.54, 1.807) is 30.6 Å². The van der Waals surface area contributed by atoms with Crippen LogP contribution in [-0.2, 0) is 10.0 Å². The van der Waals surface area contributed by atoms with Crippen LogP contribution in [0.1, 0.15) is 12.0 Å². The Balaban J connectivity index is 1.56. The Labute approximate surface area is 152 Å². The van der Waals surface area contributed by atoms with Crippen molar-refractivity contribution in [2.75, 3.05) is 22.8 Å². The fourth-order valence-corrected chi connectivity index (χ4v) is 2.95. The lowest BCUT2D eigenvalue weighted by Gasteiger charge is -2.06. The molecule has 0 aliphatic heterocycles. The molecule has 1 aromatic heterocycles. The van der Waals surface area contributed by atoms with Gasteiger partial charge in [0.25, 0.3) is 0 Å². The van der Waals surface area contributed by atoms with Gasteiger partial charge in [-0.05, 0) is 36.4 Å². The molecule has 1 heterocycles. The van der Waals surface area contributed by atoms with E-state index in [-0.39, 0.29) is 0 Å². The third-order valence-corrected chi connectivity index (χ3v) is 4.11. The predicted molar refractivity (Wildman–Crippen MR) is 104 cm³/mol. The van der Waals surface area contributed by atoms with Gasteiger partial charge in [-0.2, -0.15) is 0 Å². The summed E-state index contributed by atoms with van der Waals surface area (Å²) < 4.78 is 24.8. The van der Waals surface area contributed by atoms with Crippen LogP contribution in [0.3, 0.4) is 0 Å². The van der Waals surface area contributed by atoms with Gasteiger partial charge in [0.1, 0.15) is 12.1 Å². The van der Waals surface area contributed by atoms with Gasteiger partial charge >= 0.3 is 0 Å². The van der Waals surface area contributed by atoms with Crippen LogP contribution in [0.5, 0.6) is 0 Å². The van der Waals surface area contributed by atoms with Crippen molar-refractivity contribution in [3.05, 3.63) is 60.4 Å². The zero-order valence-corrected chi connectivity index (χ0v) is 15.0. The largest absolute Gasteiger partial charge is 0.368 e. The second-order valence-electron chi connectivity index (χ2n) is 5.67. The fourth-order valence-electron chi connectivity index (χ4n) is 2.39. The van der Waals surface area contributed by atoms with E-state index in [9.17, 15) is 8.42 Å². The van der Waals surface area contributed by atoms with Crippen LogP contribution in [0.15, 0.2) is 54.9 Å². The highest BCUT2D eigenvalue weighted by atomic mass is 32.2. The average Bonchev–Trinajstić information content (AvgIpc) is 2.62. The first kappa shape index (κ1) is 17.7. The number of hydrogen-bond donors (Lipinski definition) is 2. The monoisotopic (exact) mass is 366 g/mol. The molecule has 0 aliphatic rings. The third-order valence-electron chi connectivity index (χ3n) is 3.51. The Morgan fingerprint density at radius 2 is 1.81 bits per heavy atom. The maximum atomic E-state index is 11.2. The Morgan fingerprint density at radius 3 is 2.58 bits per heavy atom. The first-order valence-corrected chi connectivity index (χ1v) is 9.91. The van der Waals surface area contributed by atoms with E-state index >= 15 is 0 Å². The maximum Gasteiger partial charge on any atom is 0.229 e. The number of aromatic nitrogens is 2. The van der Waals surface area contributed by atoms with Gasteiger partial charge in [-0.3, -0.25) is 4.72 Å². The second kappa shape index (κ2) is 7.85. The standard InChI is InChI=1S/C19H18N4O2S/c1-26(24,25)23-16-11-9-15(10-12-16)6-4-5-13-20-19-17-7-2-3-8-18(17)21-14-22-19/h2-3,7-12,14,23H,5,13H2,1H3,(H,20,21,22). The molecule has 0 saturated carbocycles. The molecule has 26 heavy (non-hydrogen) atoms. The maximum absolute atomic E-state index is 11.2. The summed E-state index contributed by atoms with van der Waals surface area (Å²) in [6.07, 6.45) is 3.32. The number of para-hydroxylation sites is 1. The molecule has 0 fully saturated rings. The first-order chi connectivity index (χ1) is 12.5. The van der Waals surface area contributed by atoms with Gasteiger partial charge < -0.3 is 5.32 Å². The first-order valence-electron chi connectivity index (χ1n) is 8.02. The average molecular weight is 366 g/mol. The molecule has 0 saturated heterocycles. The van der Waals surface area contributed by atoms with Gasteiger partial charge in [-0.1, -0.05) is 24.0 Å². The normalized spacial score (nSPS) is 10.8. The second-order valence-corrected chi connectivity index (χ2v) is 7.42. The van der Waals surface area contributed by atoms with E-state index in [4.69, 9.17) is 0 Å². The highest BCUT2D eigenvalue weighted by molar-refractivity contribution is 7.92. The number of nitrogens with zero attached hydrogens (tertiary/aromatic N) is 2. The van der Waals surface area contributed by atoms with E-state index < -0.39 is 10.0 Å². The van der Waals surface area contributed by atoms with Gasteiger partial charge in [0.15, 0.2) is 0 Å². The molecule has 2 aromatic carbocycles. The van der Waals surface area contributed by atoms with Gasteiger partial charge in [-0.25, -0.2) is 18.4 Å². The van der Waals surface area contributed by atoms with Crippen molar-refractivity contribution >= 4 is 32.4 Å². The molecule has 2 N–H and O–H groups in total. The quantitative estimate of drug-likeness (QED) is 0.536. The molecule has 0 amide bonds. The van der Waals surface area contributed by atoms with E-state index in [0.717, 1.165) is 28.5 Å². The van der Waals surface area contributed by atoms with Crippen LogP contribution in [0.2, 0.25) is 0 Å². The summed E-state index contributed by atoms with van der Waals surface area (Å²) in [4.78, 5) is 8.51. The number of benzene rings is 2. The van der Waals surface area contributed by atoms with E-state index in [0.29, 0.717) is 18.7 Å². The van der Waals surface area contributed by atoms with E-state index in [1.165, 1.54) is 0 Å². The minimum Gasteiger partial charge on any atom is -0.368 e. The summed E-state index contributed by atoms with van der Waals surface area (Å²) in [5.41, 5.74) is 2.26. The lowest BCUT2D eigenvalue weighted by Crippen LogP contribution is -2.09. The predicted octanol–water partition coefficient (Wildman–Crippen LogP) is 2.86. The summed E-state index contributed by atoms with van der Waals surface area (Å²) in [7, 11) is -3.26. The molecule has 132 valence electrons. The van der Waals surface area contributed by atoms with Gasteiger partial charge in [0.05, 0.1) is 11.8 Å². The van der Waals surface area contributed by atoms with Crippen LogP contribution in [0.25, 0.3) is 10.9 Å². The summed E-state index contributed by atoms with van der Waals surface area (Å²) in [5.74, 6) is 6.95. The number of hydrogen-bond acceptors (Lipinski definition) is 5. The molecular formula is C19H18N4O2S. The number of fused-ring (bicyclic) bond motifs is 1. The summed E-state index contributed by atoms with van der Waals surface area (Å²) in [5, 5.41) is 4.26. The van der Waals surface area contributed by atoms with Crippen LogP contribution in [0, 0.1) is 11.8 Å². The minimum absolute atomic E-state index is 0.523. The molecule has 0 spiro atoms. The third kappa shape index (κ3) is 4.94.